The van der Waals surface area contributed by atoms with Gasteiger partial charge in [0.2, 0.25) is 5.88 Å². The summed E-state index contributed by atoms with van der Waals surface area (Å²) in [4.78, 5) is 17.2. The van der Waals surface area contributed by atoms with Gasteiger partial charge in [0.25, 0.3) is 0 Å². The molecule has 2 aromatic heterocycles. The highest BCUT2D eigenvalue weighted by molar-refractivity contribution is 6.12. The van der Waals surface area contributed by atoms with Crippen LogP contribution in [0, 0.1) is 5.92 Å². The van der Waals surface area contributed by atoms with Gasteiger partial charge in [0.1, 0.15) is 17.1 Å². The van der Waals surface area contributed by atoms with Gasteiger partial charge >= 0.3 is 0 Å². The van der Waals surface area contributed by atoms with Gasteiger partial charge in [0.05, 0.1) is 11.3 Å². The summed E-state index contributed by atoms with van der Waals surface area (Å²) < 4.78 is 12.3. The lowest BCUT2D eigenvalue weighted by Gasteiger charge is -2.10. The number of ether oxygens (including phenoxy) is 1. The second kappa shape index (κ2) is 6.94. The van der Waals surface area contributed by atoms with Gasteiger partial charge < -0.3 is 14.5 Å². The summed E-state index contributed by atoms with van der Waals surface area (Å²) in [6.45, 7) is 0. The minimum absolute atomic E-state index is 0.160. The molecule has 1 aliphatic heterocycles. The Kier molecular flexibility index (Phi) is 3.88. The van der Waals surface area contributed by atoms with Crippen LogP contribution in [0.5, 0.6) is 11.5 Å². The second-order valence-corrected chi connectivity index (χ2v) is 8.85. The summed E-state index contributed by atoms with van der Waals surface area (Å²) in [6.07, 6.45) is 3.43. The van der Waals surface area contributed by atoms with Crippen LogP contribution in [-0.4, -0.2) is 16.8 Å². The molecule has 2 unspecified atom stereocenters. The molecule has 7 rings (SSSR count). The van der Waals surface area contributed by atoms with Crippen molar-refractivity contribution in [3.05, 3.63) is 84.6 Å². The van der Waals surface area contributed by atoms with Gasteiger partial charge in [-0.25, -0.2) is 0 Å². The van der Waals surface area contributed by atoms with E-state index < -0.39 is 0 Å². The molecule has 1 fully saturated rings. The first kappa shape index (κ1) is 18.5. The Labute approximate surface area is 190 Å². The Morgan fingerprint density at radius 2 is 1.91 bits per heavy atom. The maximum atomic E-state index is 12.7. The van der Waals surface area contributed by atoms with Crippen LogP contribution in [0.2, 0.25) is 0 Å². The van der Waals surface area contributed by atoms with Crippen LogP contribution >= 0.6 is 0 Å². The first-order chi connectivity index (χ1) is 16.2. The van der Waals surface area contributed by atoms with Crippen LogP contribution in [-0.2, 0) is 0 Å². The number of ketones is 1. The molecular formula is C28H20N2O3. The number of nitrogens with one attached hydrogen (secondary N) is 1. The summed E-state index contributed by atoms with van der Waals surface area (Å²) in [5.74, 6) is 2.64. The van der Waals surface area contributed by atoms with Gasteiger partial charge in [-0.2, -0.15) is 0 Å². The molecule has 5 heteroatoms. The fourth-order valence-corrected chi connectivity index (χ4v) is 4.84. The Bertz CT molecular complexity index is 1550. The van der Waals surface area contributed by atoms with E-state index in [4.69, 9.17) is 9.15 Å². The van der Waals surface area contributed by atoms with Crippen molar-refractivity contribution in [3.63, 3.8) is 0 Å². The molecule has 1 N–H and O–H groups in total. The zero-order chi connectivity index (χ0) is 21.9. The van der Waals surface area contributed by atoms with E-state index in [1.165, 1.54) is 0 Å². The first-order valence-corrected chi connectivity index (χ1v) is 11.2. The van der Waals surface area contributed by atoms with Gasteiger partial charge in [-0.05, 0) is 60.2 Å². The minimum Gasteiger partial charge on any atom is -0.457 e. The Balaban J connectivity index is 1.25. The van der Waals surface area contributed by atoms with Crippen LogP contribution in [0.3, 0.4) is 0 Å². The number of aromatic nitrogens is 1. The van der Waals surface area contributed by atoms with E-state index in [9.17, 15) is 4.79 Å². The number of carbonyl (C=O) groups is 1. The van der Waals surface area contributed by atoms with Gasteiger partial charge in [-0.1, -0.05) is 24.3 Å². The van der Waals surface area contributed by atoms with Crippen LogP contribution in [0.25, 0.3) is 33.0 Å². The predicted octanol–water partition coefficient (Wildman–Crippen LogP) is 6.83. The average molecular weight is 432 g/mol. The molecule has 0 bridgehead atoms. The Hall–Kier alpha value is -4.12. The van der Waals surface area contributed by atoms with Crippen molar-refractivity contribution < 1.29 is 13.9 Å². The molecule has 1 aliphatic carbocycles. The molecular weight excluding hydrogens is 412 g/mol. The number of benzene rings is 3. The molecule has 3 heterocycles. The SMILES string of the molecule is O=C1CC2CC2Nc2oc3cc(Oc4cccc5cc(-c6ccccn6)ccc45)ccc3c21. The van der Waals surface area contributed by atoms with Crippen molar-refractivity contribution in [2.45, 2.75) is 18.9 Å². The molecule has 0 saturated heterocycles. The van der Waals surface area contributed by atoms with E-state index in [1.54, 1.807) is 6.20 Å². The van der Waals surface area contributed by atoms with E-state index in [-0.39, 0.29) is 5.78 Å². The molecule has 1 saturated carbocycles. The van der Waals surface area contributed by atoms with Crippen LogP contribution in [0.15, 0.2) is 83.4 Å². The maximum Gasteiger partial charge on any atom is 0.205 e. The molecule has 33 heavy (non-hydrogen) atoms. The van der Waals surface area contributed by atoms with Crippen molar-refractivity contribution in [1.29, 1.82) is 0 Å². The molecule has 0 amide bonds. The fourth-order valence-electron chi connectivity index (χ4n) is 4.84. The molecule has 2 atom stereocenters. The van der Waals surface area contributed by atoms with Crippen molar-refractivity contribution in [1.82, 2.24) is 4.98 Å². The largest absolute Gasteiger partial charge is 0.457 e. The highest BCUT2D eigenvalue weighted by Gasteiger charge is 2.43. The molecule has 2 aliphatic rings. The number of furan rings is 1. The average Bonchev–Trinajstić information content (AvgIpc) is 3.48. The zero-order valence-corrected chi connectivity index (χ0v) is 17.7. The van der Waals surface area contributed by atoms with Crippen LogP contribution < -0.4 is 10.1 Å². The van der Waals surface area contributed by atoms with Crippen LogP contribution in [0.1, 0.15) is 23.2 Å². The monoisotopic (exact) mass is 432 g/mol. The maximum absolute atomic E-state index is 12.7. The summed E-state index contributed by atoms with van der Waals surface area (Å²) in [6, 6.07) is 24.2. The van der Waals surface area contributed by atoms with E-state index in [2.05, 4.69) is 34.6 Å². The third kappa shape index (κ3) is 3.08. The molecule has 3 aromatic carbocycles. The smallest absolute Gasteiger partial charge is 0.205 e. The van der Waals surface area contributed by atoms with Gasteiger partial charge in [0.15, 0.2) is 5.78 Å². The highest BCUT2D eigenvalue weighted by atomic mass is 16.5. The van der Waals surface area contributed by atoms with E-state index in [1.807, 2.05) is 48.5 Å². The quantitative estimate of drug-likeness (QED) is 0.339. The lowest BCUT2D eigenvalue weighted by atomic mass is 10.0. The number of Topliss-reactive ketones (excluding diaryl/α,β-unsaturated/α-hetero) is 1. The number of rotatable bonds is 3. The van der Waals surface area contributed by atoms with E-state index in [0.717, 1.165) is 39.6 Å². The topological polar surface area (TPSA) is 64.4 Å². The van der Waals surface area contributed by atoms with Crippen LogP contribution in [0.4, 0.5) is 5.88 Å². The summed E-state index contributed by atoms with van der Waals surface area (Å²) in [7, 11) is 0. The van der Waals surface area contributed by atoms with Gasteiger partial charge in [0, 0.05) is 41.1 Å². The minimum atomic E-state index is 0.160. The fraction of sp³-hybridized carbons (Fsp3) is 0.143. The molecule has 0 radical (unpaired) electrons. The molecule has 5 aromatic rings. The molecule has 5 nitrogen and oxygen atoms in total. The lowest BCUT2D eigenvalue weighted by molar-refractivity contribution is 0.0979. The van der Waals surface area contributed by atoms with E-state index in [0.29, 0.717) is 41.2 Å². The summed E-state index contributed by atoms with van der Waals surface area (Å²) in [5.41, 5.74) is 3.34. The van der Waals surface area contributed by atoms with Crippen molar-refractivity contribution >= 4 is 33.4 Å². The number of anilines is 1. The predicted molar refractivity (Wildman–Crippen MR) is 128 cm³/mol. The van der Waals surface area contributed by atoms with Crippen molar-refractivity contribution in [2.75, 3.05) is 5.32 Å². The Morgan fingerprint density at radius 1 is 0.970 bits per heavy atom. The molecule has 160 valence electrons. The standard InChI is InChI=1S/C28H20N2O3/c31-24-14-18-13-23(18)30-28-27(24)21-10-8-19(15-26(21)33-28)32-25-6-3-4-16-12-17(7-9-20(16)25)22-5-1-2-11-29-22/h1-12,15,18,23,30H,13-14H2. The van der Waals surface area contributed by atoms with Crippen molar-refractivity contribution in [3.8, 4) is 22.8 Å². The summed E-state index contributed by atoms with van der Waals surface area (Å²) in [5, 5.41) is 6.33. The number of nitrogens with zero attached hydrogens (tertiary/aromatic N) is 1. The number of fused-ring (bicyclic) bond motifs is 5. The zero-order valence-electron chi connectivity index (χ0n) is 17.7. The second-order valence-electron chi connectivity index (χ2n) is 8.85. The Morgan fingerprint density at radius 3 is 2.82 bits per heavy atom. The molecule has 0 spiro atoms. The number of carbonyl (C=O) groups excluding carboxylic acids is 1. The highest BCUT2D eigenvalue weighted by Crippen LogP contribution is 2.45. The van der Waals surface area contributed by atoms with E-state index >= 15 is 0 Å². The number of hydrogen-bond donors (Lipinski definition) is 1. The number of pyridine rings is 1. The van der Waals surface area contributed by atoms with Crippen molar-refractivity contribution in [2.24, 2.45) is 5.92 Å². The lowest BCUT2D eigenvalue weighted by Crippen LogP contribution is -2.01. The normalized spacial score (nSPS) is 19.0. The third-order valence-electron chi connectivity index (χ3n) is 6.66. The van der Waals surface area contributed by atoms with Gasteiger partial charge in [-0.15, -0.1) is 0 Å². The number of hydrogen-bond acceptors (Lipinski definition) is 5. The first-order valence-electron chi connectivity index (χ1n) is 11.2. The van der Waals surface area contributed by atoms with Gasteiger partial charge in [-0.3, -0.25) is 9.78 Å². The third-order valence-corrected chi connectivity index (χ3v) is 6.66. The summed E-state index contributed by atoms with van der Waals surface area (Å²) >= 11 is 0.